The maximum Gasteiger partial charge on any atom is 0.164 e. The van der Waals surface area contributed by atoms with Gasteiger partial charge in [0.25, 0.3) is 0 Å². The Morgan fingerprint density at radius 1 is 0.719 bits per heavy atom. The van der Waals surface area contributed by atoms with Crippen molar-refractivity contribution >= 4 is 10.8 Å². The van der Waals surface area contributed by atoms with Crippen LogP contribution >= 0.6 is 0 Å². The van der Waals surface area contributed by atoms with Crippen LogP contribution in [-0.2, 0) is 12.8 Å². The van der Waals surface area contributed by atoms with Gasteiger partial charge in [-0.15, -0.1) is 0 Å². The Kier molecular flexibility index (Phi) is 4.26. The van der Waals surface area contributed by atoms with E-state index in [1.54, 1.807) is 28.4 Å². The summed E-state index contributed by atoms with van der Waals surface area (Å²) in [6, 6.07) is 6.12. The van der Waals surface area contributed by atoms with Crippen LogP contribution in [0.4, 0.5) is 0 Å². The Labute approximate surface area is 187 Å². The fourth-order valence-corrected chi connectivity index (χ4v) is 6.67. The van der Waals surface area contributed by atoms with E-state index in [1.165, 1.54) is 34.2 Å². The number of aryl methyl sites for hydroxylation is 1. The third kappa shape index (κ3) is 2.34. The number of rotatable bonds is 4. The molecule has 2 atom stereocenters. The van der Waals surface area contributed by atoms with Gasteiger partial charge in [-0.3, -0.25) is 0 Å². The lowest BCUT2D eigenvalue weighted by Crippen LogP contribution is -2.15. The first-order chi connectivity index (χ1) is 15.6. The minimum Gasteiger partial charge on any atom is -0.507 e. The van der Waals surface area contributed by atoms with Gasteiger partial charge in [0.1, 0.15) is 5.75 Å². The molecule has 1 fully saturated rings. The zero-order valence-corrected chi connectivity index (χ0v) is 19.0. The van der Waals surface area contributed by atoms with Crippen LogP contribution in [0, 0.1) is 0 Å². The molecule has 6 rings (SSSR count). The van der Waals surface area contributed by atoms with Crippen LogP contribution in [0.5, 0.6) is 28.7 Å². The van der Waals surface area contributed by atoms with Gasteiger partial charge in [0.2, 0.25) is 0 Å². The Hall–Kier alpha value is -3.08. The number of benzene rings is 3. The Morgan fingerprint density at radius 3 is 1.97 bits per heavy atom. The minimum absolute atomic E-state index is 0.318. The van der Waals surface area contributed by atoms with Gasteiger partial charge in [-0.2, -0.15) is 0 Å². The highest BCUT2D eigenvalue weighted by Crippen LogP contribution is 2.62. The molecule has 3 aromatic carbocycles. The maximum atomic E-state index is 11.2. The molecular weight excluding hydrogens is 404 g/mol. The van der Waals surface area contributed by atoms with Crippen LogP contribution in [0.2, 0.25) is 0 Å². The van der Waals surface area contributed by atoms with Gasteiger partial charge in [-0.25, -0.2) is 0 Å². The number of methoxy groups -OCH3 is 4. The first kappa shape index (κ1) is 19.6. The molecule has 166 valence electrons. The fraction of sp³-hybridized carbons (Fsp3) is 0.407. The van der Waals surface area contributed by atoms with Crippen molar-refractivity contribution in [2.24, 2.45) is 0 Å². The van der Waals surface area contributed by atoms with Gasteiger partial charge < -0.3 is 24.1 Å². The van der Waals surface area contributed by atoms with E-state index < -0.39 is 0 Å². The molecule has 0 aliphatic heterocycles. The van der Waals surface area contributed by atoms with Crippen LogP contribution in [0.3, 0.4) is 0 Å². The van der Waals surface area contributed by atoms with E-state index >= 15 is 0 Å². The van der Waals surface area contributed by atoms with E-state index in [0.717, 1.165) is 59.3 Å². The molecule has 0 spiro atoms. The highest BCUT2D eigenvalue weighted by atomic mass is 16.5. The molecule has 0 amide bonds. The molecule has 32 heavy (non-hydrogen) atoms. The summed E-state index contributed by atoms with van der Waals surface area (Å²) in [6.07, 6.45) is 5.04. The zero-order chi connectivity index (χ0) is 22.1. The molecule has 3 aromatic rings. The molecule has 5 heteroatoms. The second-order valence-corrected chi connectivity index (χ2v) is 9.07. The molecule has 2 unspecified atom stereocenters. The molecule has 1 N–H and O–H groups in total. The topological polar surface area (TPSA) is 57.2 Å². The van der Waals surface area contributed by atoms with Crippen molar-refractivity contribution in [3.63, 3.8) is 0 Å². The Bertz CT molecular complexity index is 1280. The average molecular weight is 433 g/mol. The standard InChI is InChI=1S/C27H28O5/c1-29-21-11-18-14-7-5-6-13(14)17-10-20(28)19-12-22(30-2)27(32-4)16-9-8-15(26(21)31-3)23(18)25(17)24(16)19/h10-14,28H,5-9H2,1-4H3. The highest BCUT2D eigenvalue weighted by molar-refractivity contribution is 6.08. The van der Waals surface area contributed by atoms with E-state index in [1.807, 2.05) is 12.1 Å². The van der Waals surface area contributed by atoms with Crippen LogP contribution < -0.4 is 18.9 Å². The van der Waals surface area contributed by atoms with Gasteiger partial charge in [0.15, 0.2) is 23.0 Å². The Morgan fingerprint density at radius 2 is 1.31 bits per heavy atom. The quantitative estimate of drug-likeness (QED) is 0.572. The fourth-order valence-electron chi connectivity index (χ4n) is 6.67. The molecule has 5 nitrogen and oxygen atoms in total. The lowest BCUT2D eigenvalue weighted by atomic mass is 9.70. The number of hydrogen-bond acceptors (Lipinski definition) is 5. The predicted molar refractivity (Wildman–Crippen MR) is 124 cm³/mol. The molecule has 0 saturated heterocycles. The van der Waals surface area contributed by atoms with Gasteiger partial charge in [0.05, 0.1) is 28.4 Å². The SMILES string of the molecule is COc1cc2c3c(c1OC)CCc1c(OC)c(OC)cc4c(O)cc(c-3c14)C1CCCC21. The monoisotopic (exact) mass is 432 g/mol. The maximum absolute atomic E-state index is 11.2. The average Bonchev–Trinajstić information content (AvgIpc) is 3.24. The smallest absolute Gasteiger partial charge is 0.164 e. The third-order valence-electron chi connectivity index (χ3n) is 7.86. The summed E-state index contributed by atoms with van der Waals surface area (Å²) in [7, 11) is 6.77. The first-order valence-corrected chi connectivity index (χ1v) is 11.3. The molecular formula is C27H28O5. The lowest BCUT2D eigenvalue weighted by Gasteiger charge is -2.34. The van der Waals surface area contributed by atoms with Gasteiger partial charge in [-0.1, -0.05) is 6.42 Å². The summed E-state index contributed by atoms with van der Waals surface area (Å²) in [5.74, 6) is 4.18. The predicted octanol–water partition coefficient (Wildman–Crippen LogP) is 5.71. The number of phenols is 1. The number of aromatic hydroxyl groups is 1. The molecule has 3 aliphatic rings. The normalized spacial score (nSPS) is 20.0. The number of ether oxygens (including phenoxy) is 4. The van der Waals surface area contributed by atoms with E-state index in [2.05, 4.69) is 6.07 Å². The van der Waals surface area contributed by atoms with Crippen molar-refractivity contribution in [3.05, 3.63) is 40.5 Å². The van der Waals surface area contributed by atoms with Gasteiger partial charge in [-0.05, 0) is 78.0 Å². The summed E-state index contributed by atoms with van der Waals surface area (Å²) in [4.78, 5) is 0. The van der Waals surface area contributed by atoms with Crippen LogP contribution in [0.25, 0.3) is 21.9 Å². The largest absolute Gasteiger partial charge is 0.507 e. The van der Waals surface area contributed by atoms with E-state index in [0.29, 0.717) is 23.3 Å². The molecule has 0 radical (unpaired) electrons. The summed E-state index contributed by atoms with van der Waals surface area (Å²) in [6.45, 7) is 0. The molecule has 3 aliphatic carbocycles. The summed E-state index contributed by atoms with van der Waals surface area (Å²) in [5, 5.41) is 13.1. The zero-order valence-electron chi connectivity index (χ0n) is 19.0. The van der Waals surface area contributed by atoms with Crippen LogP contribution in [0.1, 0.15) is 53.4 Å². The number of phenolic OH excluding ortho intramolecular Hbond substituents is 1. The molecule has 0 aromatic heterocycles. The number of hydrogen-bond donors (Lipinski definition) is 1. The van der Waals surface area contributed by atoms with Gasteiger partial charge in [0, 0.05) is 21.9 Å². The van der Waals surface area contributed by atoms with Crippen molar-refractivity contribution in [2.75, 3.05) is 28.4 Å². The lowest BCUT2D eigenvalue weighted by molar-refractivity contribution is 0.349. The van der Waals surface area contributed by atoms with Crippen molar-refractivity contribution in [1.29, 1.82) is 0 Å². The van der Waals surface area contributed by atoms with Crippen molar-refractivity contribution < 1.29 is 24.1 Å². The van der Waals surface area contributed by atoms with E-state index in [9.17, 15) is 5.11 Å². The first-order valence-electron chi connectivity index (χ1n) is 11.3. The Balaban J connectivity index is 1.83. The van der Waals surface area contributed by atoms with Crippen molar-refractivity contribution in [3.8, 4) is 39.9 Å². The van der Waals surface area contributed by atoms with Crippen molar-refractivity contribution in [1.82, 2.24) is 0 Å². The second-order valence-electron chi connectivity index (χ2n) is 9.07. The van der Waals surface area contributed by atoms with E-state index in [-0.39, 0.29) is 0 Å². The number of fused-ring (bicyclic) bond motifs is 3. The van der Waals surface area contributed by atoms with Crippen LogP contribution in [0.15, 0.2) is 18.2 Å². The van der Waals surface area contributed by atoms with Crippen LogP contribution in [-0.4, -0.2) is 33.5 Å². The molecule has 1 saturated carbocycles. The second kappa shape index (κ2) is 6.96. The summed E-state index contributed by atoms with van der Waals surface area (Å²) in [5.41, 5.74) is 7.42. The molecule has 0 bridgehead atoms. The summed E-state index contributed by atoms with van der Waals surface area (Å²) < 4.78 is 23.2. The third-order valence-corrected chi connectivity index (χ3v) is 7.86. The van der Waals surface area contributed by atoms with E-state index in [4.69, 9.17) is 18.9 Å². The highest BCUT2D eigenvalue weighted by Gasteiger charge is 2.42. The van der Waals surface area contributed by atoms with Crippen molar-refractivity contribution in [2.45, 2.75) is 43.9 Å². The molecule has 0 heterocycles. The van der Waals surface area contributed by atoms with Gasteiger partial charge >= 0.3 is 0 Å². The summed E-state index contributed by atoms with van der Waals surface area (Å²) >= 11 is 0. The minimum atomic E-state index is 0.318.